The van der Waals surface area contributed by atoms with E-state index in [-0.39, 0.29) is 12.5 Å². The number of nitrogens with one attached hydrogen (secondary N) is 1. The number of unbranched alkanes of at least 4 members (excludes halogenated alkanes) is 1. The lowest BCUT2D eigenvalue weighted by Crippen LogP contribution is -2.38. The molecule has 0 spiro atoms. The number of carbonyl (C=O) groups excluding carboxylic acids is 2. The summed E-state index contributed by atoms with van der Waals surface area (Å²) in [6.07, 6.45) is 1.49. The van der Waals surface area contributed by atoms with Gasteiger partial charge in [0.15, 0.2) is 0 Å². The van der Waals surface area contributed by atoms with E-state index in [1.807, 2.05) is 6.92 Å². The van der Waals surface area contributed by atoms with Gasteiger partial charge in [-0.3, -0.25) is 4.79 Å². The molecule has 5 heteroatoms. The van der Waals surface area contributed by atoms with Crippen molar-refractivity contribution >= 4 is 12.1 Å². The van der Waals surface area contributed by atoms with Gasteiger partial charge in [-0.25, -0.2) is 4.79 Å². The van der Waals surface area contributed by atoms with E-state index in [9.17, 15) is 14.0 Å². The van der Waals surface area contributed by atoms with E-state index in [0.29, 0.717) is 6.61 Å². The van der Waals surface area contributed by atoms with E-state index in [2.05, 4.69) is 5.32 Å². The minimum atomic E-state index is -1.37. The third kappa shape index (κ3) is 6.92. The lowest BCUT2D eigenvalue weighted by molar-refractivity contribution is -0.139. The third-order valence-electron chi connectivity index (χ3n) is 2.44. The number of ether oxygens (including phenoxy) is 1. The molecule has 0 bridgehead atoms. The molecule has 0 rings (SSSR count). The maximum atomic E-state index is 12.6. The Hall–Kier alpha value is -1.13. The van der Waals surface area contributed by atoms with Crippen LogP contribution in [0.5, 0.6) is 0 Å². The lowest BCUT2D eigenvalue weighted by Gasteiger charge is -2.23. The molecule has 17 heavy (non-hydrogen) atoms. The molecule has 4 nitrogen and oxygen atoms in total. The Morgan fingerprint density at radius 3 is 2.47 bits per heavy atom. The summed E-state index contributed by atoms with van der Waals surface area (Å²) in [6, 6.07) is -1.68. The number of alkyl carbamates (subject to hydrolysis) is 1. The molecule has 1 unspecified atom stereocenters. The molecular weight excluding hydrogens is 225 g/mol. The molecule has 1 atom stereocenters. The van der Waals surface area contributed by atoms with E-state index in [1.165, 1.54) is 13.8 Å². The first-order valence-corrected chi connectivity index (χ1v) is 5.92. The summed E-state index contributed by atoms with van der Waals surface area (Å²) < 4.78 is 17.5. The Morgan fingerprint density at radius 2 is 2.00 bits per heavy atom. The summed E-state index contributed by atoms with van der Waals surface area (Å²) in [7, 11) is 0. The van der Waals surface area contributed by atoms with Crippen molar-refractivity contribution in [2.75, 3.05) is 6.61 Å². The molecule has 0 fully saturated rings. The summed E-state index contributed by atoms with van der Waals surface area (Å²) in [4.78, 5) is 22.0. The van der Waals surface area contributed by atoms with Gasteiger partial charge in [-0.2, -0.15) is 4.39 Å². The molecule has 0 aliphatic rings. The van der Waals surface area contributed by atoms with E-state index in [1.54, 1.807) is 6.92 Å². The van der Waals surface area contributed by atoms with Crippen LogP contribution in [-0.2, 0) is 9.53 Å². The van der Waals surface area contributed by atoms with Gasteiger partial charge in [0, 0.05) is 6.04 Å². The molecule has 0 aliphatic carbocycles. The van der Waals surface area contributed by atoms with Crippen molar-refractivity contribution in [3.63, 3.8) is 0 Å². The Labute approximate surface area is 102 Å². The highest BCUT2D eigenvalue weighted by molar-refractivity contribution is 5.74. The summed E-state index contributed by atoms with van der Waals surface area (Å²) in [5, 5.41) is 2.57. The number of hydrogen-bond donors (Lipinski definition) is 1. The number of carbonyl (C=O) groups is 2. The molecule has 0 saturated carbocycles. The zero-order valence-electron chi connectivity index (χ0n) is 11.0. The van der Waals surface area contributed by atoms with Gasteiger partial charge in [0.05, 0.1) is 12.0 Å². The van der Waals surface area contributed by atoms with Crippen molar-refractivity contribution in [3.8, 4) is 0 Å². The largest absolute Gasteiger partial charge is 0.450 e. The first-order valence-electron chi connectivity index (χ1n) is 5.92. The average Bonchev–Trinajstić information content (AvgIpc) is 2.16. The monoisotopic (exact) mass is 247 g/mol. The normalized spacial score (nSPS) is 13.0. The van der Waals surface area contributed by atoms with Crippen molar-refractivity contribution in [2.45, 2.75) is 53.0 Å². The highest BCUT2D eigenvalue weighted by atomic mass is 19.1. The predicted octanol–water partition coefficient (Wildman–Crippen LogP) is 2.81. The standard InChI is InChI=1S/C12H22FNO3/c1-5-6-7-17-11(16)14-9(2)8-12(3,4)10(13)15/h9H,5-8H2,1-4H3,(H,14,16). The lowest BCUT2D eigenvalue weighted by atomic mass is 9.87. The first-order chi connectivity index (χ1) is 7.79. The minimum absolute atomic E-state index is 0.241. The Morgan fingerprint density at radius 1 is 1.41 bits per heavy atom. The maximum Gasteiger partial charge on any atom is 0.407 e. The smallest absolute Gasteiger partial charge is 0.407 e. The number of halogens is 1. The van der Waals surface area contributed by atoms with Crippen LogP contribution in [0.1, 0.15) is 47.0 Å². The van der Waals surface area contributed by atoms with Gasteiger partial charge in [-0.1, -0.05) is 27.2 Å². The van der Waals surface area contributed by atoms with Gasteiger partial charge >= 0.3 is 12.1 Å². The summed E-state index contributed by atoms with van der Waals surface area (Å²) in [5.41, 5.74) is -1.07. The summed E-state index contributed by atoms with van der Waals surface area (Å²) >= 11 is 0. The Kier molecular flexibility index (Phi) is 6.76. The SMILES string of the molecule is CCCCOC(=O)NC(C)CC(C)(C)C(=O)F. The van der Waals surface area contributed by atoms with Crippen LogP contribution in [0.25, 0.3) is 0 Å². The molecule has 0 aromatic heterocycles. The van der Waals surface area contributed by atoms with Crippen LogP contribution in [-0.4, -0.2) is 24.8 Å². The quantitative estimate of drug-likeness (QED) is 0.556. The first kappa shape index (κ1) is 15.9. The molecular formula is C12H22FNO3. The summed E-state index contributed by atoms with van der Waals surface area (Å²) in [6.45, 7) is 7.11. The topological polar surface area (TPSA) is 55.4 Å². The van der Waals surface area contributed by atoms with E-state index in [0.717, 1.165) is 12.8 Å². The number of hydrogen-bond acceptors (Lipinski definition) is 3. The fourth-order valence-electron chi connectivity index (χ4n) is 1.45. The van der Waals surface area contributed by atoms with Gasteiger partial charge < -0.3 is 10.1 Å². The van der Waals surface area contributed by atoms with Crippen LogP contribution in [0.15, 0.2) is 0 Å². The van der Waals surface area contributed by atoms with Crippen LogP contribution in [0.3, 0.4) is 0 Å². The molecule has 1 N–H and O–H groups in total. The van der Waals surface area contributed by atoms with Gasteiger partial charge in [-0.15, -0.1) is 0 Å². The zero-order chi connectivity index (χ0) is 13.5. The maximum absolute atomic E-state index is 12.6. The van der Waals surface area contributed by atoms with Crippen molar-refractivity contribution in [2.24, 2.45) is 5.41 Å². The third-order valence-corrected chi connectivity index (χ3v) is 2.44. The molecule has 0 heterocycles. The molecule has 0 aromatic rings. The second kappa shape index (κ2) is 7.25. The average molecular weight is 247 g/mol. The van der Waals surface area contributed by atoms with Crippen LogP contribution in [0, 0.1) is 5.41 Å². The molecule has 0 aliphatic heterocycles. The van der Waals surface area contributed by atoms with Gasteiger partial charge in [0.2, 0.25) is 0 Å². The fraction of sp³-hybridized carbons (Fsp3) is 0.833. The van der Waals surface area contributed by atoms with Crippen LogP contribution in [0.4, 0.5) is 9.18 Å². The molecule has 0 saturated heterocycles. The van der Waals surface area contributed by atoms with E-state index < -0.39 is 17.5 Å². The van der Waals surface area contributed by atoms with Crippen molar-refractivity contribution in [1.82, 2.24) is 5.32 Å². The van der Waals surface area contributed by atoms with Gasteiger partial charge in [0.1, 0.15) is 0 Å². The van der Waals surface area contributed by atoms with Crippen LogP contribution >= 0.6 is 0 Å². The fourth-order valence-corrected chi connectivity index (χ4v) is 1.45. The van der Waals surface area contributed by atoms with Gasteiger partial charge in [-0.05, 0) is 19.8 Å². The molecule has 0 aromatic carbocycles. The van der Waals surface area contributed by atoms with Crippen LogP contribution < -0.4 is 5.32 Å². The van der Waals surface area contributed by atoms with E-state index in [4.69, 9.17) is 4.74 Å². The number of amides is 1. The van der Waals surface area contributed by atoms with Crippen molar-refractivity contribution in [1.29, 1.82) is 0 Å². The second-order valence-corrected chi connectivity index (χ2v) is 4.90. The Balaban J connectivity index is 3.97. The highest BCUT2D eigenvalue weighted by Crippen LogP contribution is 2.24. The van der Waals surface area contributed by atoms with E-state index >= 15 is 0 Å². The Bertz CT molecular complexity index is 266. The zero-order valence-corrected chi connectivity index (χ0v) is 11.0. The van der Waals surface area contributed by atoms with Crippen LogP contribution in [0.2, 0.25) is 0 Å². The van der Waals surface area contributed by atoms with Crippen molar-refractivity contribution in [3.05, 3.63) is 0 Å². The number of rotatable bonds is 7. The summed E-state index contributed by atoms with van der Waals surface area (Å²) in [5.74, 6) is 0. The molecule has 100 valence electrons. The molecule has 1 amide bonds. The second-order valence-electron chi connectivity index (χ2n) is 4.90. The van der Waals surface area contributed by atoms with Gasteiger partial charge in [0.25, 0.3) is 0 Å². The minimum Gasteiger partial charge on any atom is -0.450 e. The molecule has 0 radical (unpaired) electrons. The van der Waals surface area contributed by atoms with Crippen molar-refractivity contribution < 1.29 is 18.7 Å². The highest BCUT2D eigenvalue weighted by Gasteiger charge is 2.30. The predicted molar refractivity (Wildman–Crippen MR) is 63.4 cm³/mol.